The van der Waals surface area contributed by atoms with Gasteiger partial charge < -0.3 is 12.4 Å². The van der Waals surface area contributed by atoms with Crippen molar-refractivity contribution >= 4 is 7.26 Å². The largest absolute Gasteiger partial charge is 1.00 e. The zero-order valence-corrected chi connectivity index (χ0v) is 12.3. The highest BCUT2D eigenvalue weighted by molar-refractivity contribution is 7.75. The first-order chi connectivity index (χ1) is 6.83. The number of rotatable bonds is 6. The van der Waals surface area contributed by atoms with E-state index < -0.39 is 7.26 Å². The van der Waals surface area contributed by atoms with Crippen LogP contribution in [-0.4, -0.2) is 24.6 Å². The van der Waals surface area contributed by atoms with Crippen LogP contribution in [0.2, 0.25) is 0 Å². The van der Waals surface area contributed by atoms with Crippen LogP contribution in [0.5, 0.6) is 0 Å². The molecule has 0 nitrogen and oxygen atoms in total. The third kappa shape index (κ3) is 5.55. The van der Waals surface area contributed by atoms with Crippen molar-refractivity contribution in [3.63, 3.8) is 0 Å². The van der Waals surface area contributed by atoms with E-state index in [1.807, 2.05) is 0 Å². The van der Waals surface area contributed by atoms with E-state index in [-0.39, 0.29) is 12.4 Å². The highest BCUT2D eigenvalue weighted by atomic mass is 35.5. The third-order valence-electron chi connectivity index (χ3n) is 3.74. The van der Waals surface area contributed by atoms with Crippen molar-refractivity contribution in [3.05, 3.63) is 0 Å². The monoisotopic (exact) mass is 250 g/mol. The minimum atomic E-state index is -0.423. The summed E-state index contributed by atoms with van der Waals surface area (Å²) in [5, 5.41) is 0. The molecule has 0 aliphatic carbocycles. The minimum absolute atomic E-state index is 0. The maximum atomic E-state index is 2.35. The van der Waals surface area contributed by atoms with Crippen molar-refractivity contribution in [3.8, 4) is 0 Å². The van der Waals surface area contributed by atoms with Gasteiger partial charge in [0.25, 0.3) is 0 Å². The van der Waals surface area contributed by atoms with Crippen LogP contribution < -0.4 is 12.4 Å². The first kappa shape index (κ1) is 15.7. The summed E-state index contributed by atoms with van der Waals surface area (Å²) < 4.78 is 0. The second kappa shape index (κ2) is 8.82. The second-order valence-corrected chi connectivity index (χ2v) is 9.48. The lowest BCUT2D eigenvalue weighted by atomic mass is 10.3. The van der Waals surface area contributed by atoms with E-state index in [1.54, 1.807) is 37.5 Å². The Morgan fingerprint density at radius 1 is 0.800 bits per heavy atom. The smallest absolute Gasteiger partial charge is 0.0594 e. The van der Waals surface area contributed by atoms with Crippen LogP contribution in [0.4, 0.5) is 0 Å². The first-order valence-electron chi connectivity index (χ1n) is 6.68. The van der Waals surface area contributed by atoms with Crippen LogP contribution in [-0.2, 0) is 0 Å². The first-order valence-corrected chi connectivity index (χ1v) is 9.21. The summed E-state index contributed by atoms with van der Waals surface area (Å²) >= 11 is 0. The molecule has 0 spiro atoms. The van der Waals surface area contributed by atoms with Crippen molar-refractivity contribution in [1.82, 2.24) is 0 Å². The molecule has 0 unspecified atom stereocenters. The SMILES string of the molecule is CCCC[P+]1(CCCC)CCCCC1.[Cl-]. The Morgan fingerprint density at radius 3 is 1.67 bits per heavy atom. The molecule has 15 heavy (non-hydrogen) atoms. The lowest BCUT2D eigenvalue weighted by Gasteiger charge is -2.31. The van der Waals surface area contributed by atoms with E-state index in [9.17, 15) is 0 Å². The van der Waals surface area contributed by atoms with Crippen molar-refractivity contribution in [2.45, 2.75) is 58.8 Å². The molecule has 0 aromatic heterocycles. The summed E-state index contributed by atoms with van der Waals surface area (Å²) in [7, 11) is -0.423. The average Bonchev–Trinajstić information content (AvgIpc) is 2.25. The maximum absolute atomic E-state index is 2.35. The summed E-state index contributed by atoms with van der Waals surface area (Å²) in [5.41, 5.74) is 0. The molecule has 0 aromatic rings. The van der Waals surface area contributed by atoms with E-state index in [1.165, 1.54) is 32.1 Å². The van der Waals surface area contributed by atoms with Gasteiger partial charge in [-0.15, -0.1) is 0 Å². The highest BCUT2D eigenvalue weighted by Gasteiger charge is 2.36. The fraction of sp³-hybridized carbons (Fsp3) is 1.00. The average molecular weight is 251 g/mol. The van der Waals surface area contributed by atoms with Crippen molar-refractivity contribution in [1.29, 1.82) is 0 Å². The molecule has 92 valence electrons. The molecule has 0 saturated carbocycles. The Kier molecular flexibility index (Phi) is 9.25. The van der Waals surface area contributed by atoms with Gasteiger partial charge in [0.2, 0.25) is 0 Å². The molecular formula is C13H28ClP. The molecule has 0 N–H and O–H groups in total. The van der Waals surface area contributed by atoms with E-state index in [0.29, 0.717) is 0 Å². The van der Waals surface area contributed by atoms with Crippen LogP contribution in [0.15, 0.2) is 0 Å². The molecule has 1 aliphatic heterocycles. The number of halogens is 1. The molecule has 0 amide bonds. The predicted octanol–water partition coefficient (Wildman–Crippen LogP) is 1.79. The zero-order valence-electron chi connectivity index (χ0n) is 10.6. The molecule has 1 heterocycles. The summed E-state index contributed by atoms with van der Waals surface area (Å²) in [5.74, 6) is 0. The standard InChI is InChI=1S/C13H28P.ClH/c1-3-5-10-14(11-6-4-2)12-8-7-9-13-14;/h3-13H2,1-2H3;1H/q+1;/p-1. The van der Waals surface area contributed by atoms with Crippen molar-refractivity contribution in [2.24, 2.45) is 0 Å². The molecule has 0 bridgehead atoms. The molecule has 1 fully saturated rings. The van der Waals surface area contributed by atoms with Gasteiger partial charge in [-0.05, 0) is 32.1 Å². The Hall–Kier alpha value is 0.720. The third-order valence-corrected chi connectivity index (χ3v) is 8.80. The van der Waals surface area contributed by atoms with Crippen LogP contribution in [0.1, 0.15) is 58.8 Å². The predicted molar refractivity (Wildman–Crippen MR) is 70.1 cm³/mol. The summed E-state index contributed by atoms with van der Waals surface area (Å²) in [6.45, 7) is 4.69. The van der Waals surface area contributed by atoms with Crippen LogP contribution in [0, 0.1) is 0 Å². The maximum Gasteiger partial charge on any atom is 0.0594 e. The molecule has 1 saturated heterocycles. The Morgan fingerprint density at radius 2 is 1.27 bits per heavy atom. The van der Waals surface area contributed by atoms with Gasteiger partial charge in [-0.2, -0.15) is 0 Å². The minimum Gasteiger partial charge on any atom is -1.00 e. The fourth-order valence-electron chi connectivity index (χ4n) is 2.73. The van der Waals surface area contributed by atoms with Gasteiger partial charge >= 0.3 is 0 Å². The number of hydrogen-bond donors (Lipinski definition) is 0. The Bertz CT molecular complexity index is 131. The fourth-order valence-corrected chi connectivity index (χ4v) is 7.83. The summed E-state index contributed by atoms with van der Waals surface area (Å²) in [6, 6.07) is 0. The Balaban J connectivity index is 0.00000196. The molecule has 1 rings (SSSR count). The van der Waals surface area contributed by atoms with Gasteiger partial charge in [0, 0.05) is 7.26 Å². The van der Waals surface area contributed by atoms with Crippen LogP contribution in [0.3, 0.4) is 0 Å². The van der Waals surface area contributed by atoms with Crippen molar-refractivity contribution < 1.29 is 12.4 Å². The van der Waals surface area contributed by atoms with Gasteiger partial charge in [0.1, 0.15) is 0 Å². The van der Waals surface area contributed by atoms with Crippen LogP contribution >= 0.6 is 7.26 Å². The quantitative estimate of drug-likeness (QED) is 0.631. The van der Waals surface area contributed by atoms with Gasteiger partial charge in [0.15, 0.2) is 0 Å². The topological polar surface area (TPSA) is 0 Å². The zero-order chi connectivity index (χ0) is 10.3. The summed E-state index contributed by atoms with van der Waals surface area (Å²) in [4.78, 5) is 0. The lowest BCUT2D eigenvalue weighted by Crippen LogP contribution is -3.00. The molecule has 0 radical (unpaired) electrons. The number of hydrogen-bond acceptors (Lipinski definition) is 0. The molecule has 0 atom stereocenters. The van der Waals surface area contributed by atoms with E-state index in [4.69, 9.17) is 0 Å². The van der Waals surface area contributed by atoms with Gasteiger partial charge in [0.05, 0.1) is 24.6 Å². The van der Waals surface area contributed by atoms with Gasteiger partial charge in [-0.3, -0.25) is 0 Å². The van der Waals surface area contributed by atoms with Gasteiger partial charge in [-0.1, -0.05) is 26.7 Å². The van der Waals surface area contributed by atoms with E-state index >= 15 is 0 Å². The van der Waals surface area contributed by atoms with Gasteiger partial charge in [-0.25, -0.2) is 0 Å². The molecule has 1 aliphatic rings. The molecule has 2 heteroatoms. The number of unbranched alkanes of at least 4 members (excludes halogenated alkanes) is 2. The van der Waals surface area contributed by atoms with E-state index in [2.05, 4.69) is 13.8 Å². The Labute approximate surface area is 103 Å². The highest BCUT2D eigenvalue weighted by Crippen LogP contribution is 2.63. The molecule has 0 aromatic carbocycles. The lowest BCUT2D eigenvalue weighted by molar-refractivity contribution is -0.00000322. The van der Waals surface area contributed by atoms with Crippen LogP contribution in [0.25, 0.3) is 0 Å². The second-order valence-electron chi connectivity index (χ2n) is 5.00. The normalized spacial score (nSPS) is 19.6. The molecular weight excluding hydrogens is 223 g/mol. The summed E-state index contributed by atoms with van der Waals surface area (Å²) in [6.07, 6.45) is 17.0. The van der Waals surface area contributed by atoms with Crippen molar-refractivity contribution in [2.75, 3.05) is 24.6 Å². The van der Waals surface area contributed by atoms with E-state index in [0.717, 1.165) is 0 Å².